The molecule has 0 aromatic heterocycles. The van der Waals surface area contributed by atoms with Crippen molar-refractivity contribution >= 4 is 96.4 Å². The number of carbonyl (C=O) groups excluding carboxylic acids is 1. The monoisotopic (exact) mass is 662 g/mol. The van der Waals surface area contributed by atoms with Crippen molar-refractivity contribution in [2.45, 2.75) is 62.2 Å². The Morgan fingerprint density at radius 3 is 1.71 bits per heavy atom. The smallest absolute Gasteiger partial charge is 0.136 e. The van der Waals surface area contributed by atoms with Crippen LogP contribution in [-0.4, -0.2) is 45.0 Å². The van der Waals surface area contributed by atoms with E-state index in [1.807, 2.05) is 55.2 Å². The third kappa shape index (κ3) is 18.3. The highest BCUT2D eigenvalue weighted by molar-refractivity contribution is 8.77. The molecule has 0 saturated carbocycles. The molecule has 5 nitrogen and oxygen atoms in total. The topological polar surface area (TPSA) is 95.6 Å². The number of aldehydes is 1. The number of carbonyl (C=O) groups is 1. The molecule has 0 spiro atoms. The number of anilines is 2. The molecule has 0 amide bonds. The van der Waals surface area contributed by atoms with E-state index in [9.17, 15) is 9.90 Å². The summed E-state index contributed by atoms with van der Waals surface area (Å²) < 4.78 is -0.0464. The number of alkyl halides is 2. The van der Waals surface area contributed by atoms with Crippen LogP contribution in [0.1, 0.15) is 49.9 Å². The Kier molecular flexibility index (Phi) is 22.8. The van der Waals surface area contributed by atoms with Crippen molar-refractivity contribution in [1.82, 2.24) is 0 Å². The summed E-state index contributed by atoms with van der Waals surface area (Å²) in [5.74, 6) is 0.892. The van der Waals surface area contributed by atoms with Gasteiger partial charge in [0.05, 0.1) is 18.0 Å². The number of nitrogens with two attached hydrogens (primary N) is 1. The van der Waals surface area contributed by atoms with Gasteiger partial charge in [0.25, 0.3) is 0 Å². The van der Waals surface area contributed by atoms with Crippen LogP contribution in [0, 0.1) is 0 Å². The summed E-state index contributed by atoms with van der Waals surface area (Å²) in [6, 6.07) is 11.3. The van der Waals surface area contributed by atoms with Crippen molar-refractivity contribution in [2.24, 2.45) is 0 Å². The molecule has 0 fully saturated rings. The predicted octanol–water partition coefficient (Wildman–Crippen LogP) is 8.02. The molecular weight excluding hydrogens is 623 g/mol. The molecule has 38 heavy (non-hydrogen) atoms. The van der Waals surface area contributed by atoms with Crippen molar-refractivity contribution in [1.29, 1.82) is 0 Å². The van der Waals surface area contributed by atoms with Crippen molar-refractivity contribution in [3.63, 3.8) is 0 Å². The highest BCUT2D eigenvalue weighted by Gasteiger charge is 2.18. The minimum atomic E-state index is -0.209. The zero-order chi connectivity index (χ0) is 28.5. The second-order valence-electron chi connectivity index (χ2n) is 9.04. The summed E-state index contributed by atoms with van der Waals surface area (Å²) in [4.78, 5) is 10.2. The number of hydrogen-bond acceptors (Lipinski definition) is 9. The zero-order valence-corrected chi connectivity index (χ0v) is 28.3. The number of hydrogen-bond donors (Lipinski definition) is 4. The fourth-order valence-electron chi connectivity index (χ4n) is 2.80. The third-order valence-corrected chi connectivity index (χ3v) is 10.1. The predicted molar refractivity (Wildman–Crippen MR) is 180 cm³/mol. The molecule has 0 aliphatic rings. The van der Waals surface area contributed by atoms with Gasteiger partial charge in [0, 0.05) is 34.4 Å². The first-order chi connectivity index (χ1) is 17.4. The van der Waals surface area contributed by atoms with Gasteiger partial charge in [-0.15, -0.1) is 35.6 Å². The lowest BCUT2D eigenvalue weighted by atomic mass is 10.1. The summed E-state index contributed by atoms with van der Waals surface area (Å²) in [5, 5.41) is 21.4. The highest BCUT2D eigenvalue weighted by Crippen LogP contribution is 2.34. The SMILES string of the molecule is CSSC(C)(C)C=O.CSSC(C)(C)CNc1cc(CO)cc(CCl)c1.Cl.Nc1cc(CO)cc(CCl)c1. The second kappa shape index (κ2) is 21.6. The Bertz CT molecular complexity index is 894. The Labute approximate surface area is 260 Å². The Balaban J connectivity index is 0. The summed E-state index contributed by atoms with van der Waals surface area (Å²) in [5.41, 5.74) is 10.9. The maximum Gasteiger partial charge on any atom is 0.136 e. The number of nitrogens with one attached hydrogen (secondary N) is 1. The Morgan fingerprint density at radius 2 is 1.29 bits per heavy atom. The average Bonchev–Trinajstić information content (AvgIpc) is 2.87. The molecule has 0 unspecified atom stereocenters. The minimum Gasteiger partial charge on any atom is -0.399 e. The van der Waals surface area contributed by atoms with Crippen molar-refractivity contribution in [2.75, 3.05) is 30.1 Å². The van der Waals surface area contributed by atoms with Gasteiger partial charge in [-0.25, -0.2) is 0 Å². The summed E-state index contributed by atoms with van der Waals surface area (Å²) in [6.45, 7) is 9.15. The zero-order valence-electron chi connectivity index (χ0n) is 22.8. The van der Waals surface area contributed by atoms with Gasteiger partial charge in [-0.3, -0.25) is 0 Å². The van der Waals surface area contributed by atoms with E-state index in [1.54, 1.807) is 44.5 Å². The van der Waals surface area contributed by atoms with E-state index in [1.165, 1.54) is 0 Å². The largest absolute Gasteiger partial charge is 0.399 e. The van der Waals surface area contributed by atoms with Gasteiger partial charge in [-0.2, -0.15) is 0 Å². The van der Waals surface area contributed by atoms with Crippen LogP contribution in [0.4, 0.5) is 11.4 Å². The molecule has 0 heterocycles. The summed E-state index contributed by atoms with van der Waals surface area (Å²) in [6.07, 6.45) is 5.02. The van der Waals surface area contributed by atoms with Crippen LogP contribution in [0.2, 0.25) is 0 Å². The molecule has 0 saturated heterocycles. The Morgan fingerprint density at radius 1 is 0.842 bits per heavy atom. The van der Waals surface area contributed by atoms with E-state index in [0.29, 0.717) is 17.4 Å². The first-order valence-corrected chi connectivity index (χ1v) is 17.6. The molecule has 0 aliphatic heterocycles. The van der Waals surface area contributed by atoms with Crippen molar-refractivity contribution in [3.05, 3.63) is 58.7 Å². The van der Waals surface area contributed by atoms with Gasteiger partial charge in [0.1, 0.15) is 6.29 Å². The Hall–Kier alpha value is -0.100. The molecule has 0 aliphatic carbocycles. The van der Waals surface area contributed by atoms with Crippen LogP contribution < -0.4 is 11.1 Å². The van der Waals surface area contributed by atoms with Gasteiger partial charge in [0.15, 0.2) is 0 Å². The summed E-state index contributed by atoms with van der Waals surface area (Å²) in [7, 11) is 6.83. The second-order valence-corrected chi connectivity index (χ2v) is 15.7. The van der Waals surface area contributed by atoms with Crippen LogP contribution in [0.5, 0.6) is 0 Å². The molecule has 218 valence electrons. The molecule has 0 bridgehead atoms. The lowest BCUT2D eigenvalue weighted by Gasteiger charge is -2.23. The first-order valence-electron chi connectivity index (χ1n) is 11.4. The number of nitrogen functional groups attached to an aromatic ring is 1. The van der Waals surface area contributed by atoms with E-state index in [-0.39, 0.29) is 35.1 Å². The van der Waals surface area contributed by atoms with Crippen molar-refractivity contribution in [3.8, 4) is 0 Å². The van der Waals surface area contributed by atoms with Gasteiger partial charge in [0.2, 0.25) is 0 Å². The normalized spacial score (nSPS) is 10.8. The molecule has 0 atom stereocenters. The molecule has 12 heteroatoms. The van der Waals surface area contributed by atoms with E-state index in [0.717, 1.165) is 40.8 Å². The first kappa shape index (κ1) is 40.0. The van der Waals surface area contributed by atoms with Crippen LogP contribution in [-0.2, 0) is 29.8 Å². The van der Waals surface area contributed by atoms with E-state index >= 15 is 0 Å². The number of rotatable bonds is 12. The van der Waals surface area contributed by atoms with E-state index in [2.05, 4.69) is 25.4 Å². The molecule has 5 N–H and O–H groups in total. The number of aliphatic hydroxyl groups is 2. The van der Waals surface area contributed by atoms with E-state index in [4.69, 9.17) is 34.0 Å². The van der Waals surface area contributed by atoms with Crippen molar-refractivity contribution < 1.29 is 15.0 Å². The lowest BCUT2D eigenvalue weighted by Crippen LogP contribution is -2.25. The van der Waals surface area contributed by atoms with Crippen LogP contribution in [0.3, 0.4) is 0 Å². The van der Waals surface area contributed by atoms with Gasteiger partial charge >= 0.3 is 0 Å². The van der Waals surface area contributed by atoms with Gasteiger partial charge in [-0.05, 0) is 86.7 Å². The number of halogens is 3. The fraction of sp³-hybridized carbons (Fsp3) is 0.500. The standard InChI is InChI=1S/C13H20ClNOS2.C8H10ClNO.C5H10OS2.ClH/c1-13(2,18-17-3)9-15-12-5-10(7-14)4-11(6-12)8-16;9-4-6-1-7(5-11)3-8(10)2-6;1-5(2,4-6)8-7-3;/h4-6,15-16H,7-9H2,1-3H3;1-3,11H,4-5,10H2;4H,1-3H3;1H. The molecule has 2 rings (SSSR count). The van der Waals surface area contributed by atoms with Crippen LogP contribution in [0.15, 0.2) is 36.4 Å². The average molecular weight is 664 g/mol. The lowest BCUT2D eigenvalue weighted by molar-refractivity contribution is -0.109. The van der Waals surface area contributed by atoms with E-state index < -0.39 is 0 Å². The summed E-state index contributed by atoms with van der Waals surface area (Å²) >= 11 is 11.4. The quantitative estimate of drug-likeness (QED) is 0.0779. The minimum absolute atomic E-state index is 0. The van der Waals surface area contributed by atoms with Gasteiger partial charge < -0.3 is 26.1 Å². The number of benzene rings is 2. The molecule has 2 aromatic carbocycles. The van der Waals surface area contributed by atoms with Gasteiger partial charge in [-0.1, -0.05) is 55.3 Å². The third-order valence-electron chi connectivity index (χ3n) is 4.41. The number of aliphatic hydroxyl groups excluding tert-OH is 2. The molecule has 0 radical (unpaired) electrons. The van der Waals surface area contributed by atoms with Crippen LogP contribution >= 0.6 is 78.8 Å². The maximum atomic E-state index is 10.2. The maximum absolute atomic E-state index is 10.2. The fourth-order valence-corrected chi connectivity index (χ4v) is 7.09. The molecule has 2 aromatic rings. The molecular formula is C26H41Cl3N2O3S4. The highest BCUT2D eigenvalue weighted by atomic mass is 35.5. The van der Waals surface area contributed by atoms with Crippen LogP contribution in [0.25, 0.3) is 0 Å².